The number of esters is 1. The number of rotatable bonds is 43. The van der Waals surface area contributed by atoms with Crippen molar-refractivity contribution in [1.82, 2.24) is 5.32 Å². The molecule has 0 bridgehead atoms. The fraction of sp³-hybridized carbons (Fsp3) is 0.769. The first-order chi connectivity index (χ1) is 28.5. The highest BCUT2D eigenvalue weighted by Gasteiger charge is 2.24. The second-order valence-electron chi connectivity index (χ2n) is 16.5. The third-order valence-corrected chi connectivity index (χ3v) is 10.9. The van der Waals surface area contributed by atoms with Gasteiger partial charge in [-0.05, 0) is 64.2 Å². The summed E-state index contributed by atoms with van der Waals surface area (Å²) < 4.78 is 5.88. The Balaban J connectivity index is 4.58. The van der Waals surface area contributed by atoms with Crippen LogP contribution in [0.5, 0.6) is 0 Å². The minimum absolute atomic E-state index is 0.0550. The van der Waals surface area contributed by atoms with Crippen molar-refractivity contribution in [2.24, 2.45) is 0 Å². The van der Waals surface area contributed by atoms with Crippen molar-refractivity contribution >= 4 is 11.9 Å². The molecule has 336 valence electrons. The summed E-state index contributed by atoms with van der Waals surface area (Å²) in [6.07, 6.45) is 55.7. The Kier molecular flexibility index (Phi) is 43.7. The Morgan fingerprint density at radius 2 is 0.914 bits per heavy atom. The maximum absolute atomic E-state index is 13.1. The molecule has 0 spiro atoms. The van der Waals surface area contributed by atoms with E-state index in [1.807, 2.05) is 0 Å². The van der Waals surface area contributed by atoms with Gasteiger partial charge in [-0.25, -0.2) is 0 Å². The van der Waals surface area contributed by atoms with Gasteiger partial charge in [-0.2, -0.15) is 0 Å². The largest absolute Gasteiger partial charge is 0.462 e. The first-order valence-electron chi connectivity index (χ1n) is 24.5. The van der Waals surface area contributed by atoms with Crippen molar-refractivity contribution < 1.29 is 24.5 Å². The van der Waals surface area contributed by atoms with Crippen LogP contribution in [0.2, 0.25) is 0 Å². The summed E-state index contributed by atoms with van der Waals surface area (Å²) in [6.45, 7) is 6.34. The van der Waals surface area contributed by atoms with E-state index in [-0.39, 0.29) is 24.9 Å². The summed E-state index contributed by atoms with van der Waals surface area (Å²) in [4.78, 5) is 26.0. The molecule has 0 aliphatic heterocycles. The highest BCUT2D eigenvalue weighted by molar-refractivity contribution is 5.77. The van der Waals surface area contributed by atoms with Gasteiger partial charge in [-0.3, -0.25) is 9.59 Å². The molecule has 0 radical (unpaired) electrons. The number of hydrogen-bond donors (Lipinski definition) is 3. The van der Waals surface area contributed by atoms with Crippen molar-refractivity contribution in [1.29, 1.82) is 0 Å². The van der Waals surface area contributed by atoms with Gasteiger partial charge in [-0.1, -0.05) is 216 Å². The summed E-state index contributed by atoms with van der Waals surface area (Å²) >= 11 is 0. The molecule has 58 heavy (non-hydrogen) atoms. The molecule has 1 amide bonds. The van der Waals surface area contributed by atoms with Crippen LogP contribution in [0.1, 0.15) is 233 Å². The van der Waals surface area contributed by atoms with Gasteiger partial charge in [0.05, 0.1) is 25.2 Å². The fourth-order valence-corrected chi connectivity index (χ4v) is 7.17. The number of aliphatic hydroxyl groups is 2. The van der Waals surface area contributed by atoms with E-state index in [4.69, 9.17) is 4.74 Å². The zero-order valence-corrected chi connectivity index (χ0v) is 38.2. The van der Waals surface area contributed by atoms with E-state index in [0.29, 0.717) is 25.7 Å². The molecule has 6 nitrogen and oxygen atoms in total. The number of allylic oxidation sites excluding steroid dienone is 10. The van der Waals surface area contributed by atoms with Gasteiger partial charge >= 0.3 is 5.97 Å². The lowest BCUT2D eigenvalue weighted by molar-refractivity contribution is -0.151. The maximum Gasteiger partial charge on any atom is 0.306 e. The van der Waals surface area contributed by atoms with Crippen LogP contribution in [-0.4, -0.2) is 46.9 Å². The summed E-state index contributed by atoms with van der Waals surface area (Å²) in [5, 5.41) is 23.7. The van der Waals surface area contributed by atoms with Crippen molar-refractivity contribution in [3.8, 4) is 0 Å². The van der Waals surface area contributed by atoms with Gasteiger partial charge in [0.25, 0.3) is 0 Å². The molecule has 0 aromatic carbocycles. The van der Waals surface area contributed by atoms with E-state index in [9.17, 15) is 19.8 Å². The smallest absolute Gasteiger partial charge is 0.306 e. The number of ether oxygens (including phenoxy) is 1. The van der Waals surface area contributed by atoms with Crippen molar-refractivity contribution in [2.75, 3.05) is 6.61 Å². The number of carbonyl (C=O) groups is 2. The third kappa shape index (κ3) is 40.3. The monoisotopic (exact) mass is 812 g/mol. The Labute approximate surface area is 358 Å². The molecule has 6 heteroatoms. The molecule has 0 aliphatic rings. The summed E-state index contributed by atoms with van der Waals surface area (Å²) in [7, 11) is 0. The van der Waals surface area contributed by atoms with E-state index in [1.54, 1.807) is 0 Å². The van der Waals surface area contributed by atoms with Crippen molar-refractivity contribution in [3.05, 3.63) is 60.8 Å². The average molecular weight is 812 g/mol. The van der Waals surface area contributed by atoms with Crippen LogP contribution in [0.3, 0.4) is 0 Å². The van der Waals surface area contributed by atoms with E-state index in [0.717, 1.165) is 77.0 Å². The lowest BCUT2D eigenvalue weighted by atomic mass is 10.0. The molecule has 0 saturated heterocycles. The van der Waals surface area contributed by atoms with Crippen molar-refractivity contribution in [2.45, 2.75) is 251 Å². The first kappa shape index (κ1) is 55.6. The second-order valence-corrected chi connectivity index (χ2v) is 16.5. The molecule has 3 N–H and O–H groups in total. The lowest BCUT2D eigenvalue weighted by Crippen LogP contribution is -2.46. The van der Waals surface area contributed by atoms with Crippen LogP contribution in [0.25, 0.3) is 0 Å². The highest BCUT2D eigenvalue weighted by atomic mass is 16.5. The van der Waals surface area contributed by atoms with Gasteiger partial charge < -0.3 is 20.3 Å². The molecule has 0 rings (SSSR count). The number of aliphatic hydroxyl groups excluding tert-OH is 2. The summed E-state index contributed by atoms with van der Waals surface area (Å²) in [5.41, 5.74) is 0. The van der Waals surface area contributed by atoms with E-state index < -0.39 is 18.2 Å². The Morgan fingerprint density at radius 3 is 1.34 bits per heavy atom. The first-order valence-corrected chi connectivity index (χ1v) is 24.5. The third-order valence-electron chi connectivity index (χ3n) is 10.9. The van der Waals surface area contributed by atoms with Gasteiger partial charge in [-0.15, -0.1) is 0 Å². The molecular formula is C52H93NO5. The molecule has 3 atom stereocenters. The second kappa shape index (κ2) is 45.6. The molecule has 3 unspecified atom stereocenters. The summed E-state index contributed by atoms with van der Waals surface area (Å²) in [6, 6.07) is -0.711. The standard InChI is InChI=1S/C52H93NO5/c1-4-7-10-13-16-19-21-23-24-25-26-28-30-33-36-39-42-45-52(57)58-48(43-40-37-34-31-18-15-12-9-6-3)46-51(56)53-49(47-54)50(55)44-41-38-35-32-29-27-22-20-17-14-11-8-5-2/h7,10,16,19,23-24,26,28,33,36,48-50,54-55H,4-6,8-9,11-15,17-18,20-22,25,27,29-32,34-35,37-47H2,1-3H3,(H,53,56)/b10-7-,19-16-,24-23-,28-26-,36-33-. The van der Waals surface area contributed by atoms with Crippen LogP contribution < -0.4 is 5.32 Å². The van der Waals surface area contributed by atoms with Crippen LogP contribution in [0.4, 0.5) is 0 Å². The number of amides is 1. The van der Waals surface area contributed by atoms with Crippen LogP contribution in [0.15, 0.2) is 60.8 Å². The van der Waals surface area contributed by atoms with Crippen LogP contribution >= 0.6 is 0 Å². The number of nitrogens with one attached hydrogen (secondary N) is 1. The van der Waals surface area contributed by atoms with Crippen molar-refractivity contribution in [3.63, 3.8) is 0 Å². The minimum atomic E-state index is -0.795. The topological polar surface area (TPSA) is 95.9 Å². The van der Waals surface area contributed by atoms with Crippen LogP contribution in [-0.2, 0) is 14.3 Å². The average Bonchev–Trinajstić information content (AvgIpc) is 3.22. The van der Waals surface area contributed by atoms with Gasteiger partial charge in [0.15, 0.2) is 0 Å². The molecule has 0 aromatic heterocycles. The maximum atomic E-state index is 13.1. The Morgan fingerprint density at radius 1 is 0.517 bits per heavy atom. The quantitative estimate of drug-likeness (QED) is 0.0324. The molecule has 0 aromatic rings. The predicted octanol–water partition coefficient (Wildman–Crippen LogP) is 14.5. The Hall–Kier alpha value is -2.44. The molecular weight excluding hydrogens is 719 g/mol. The number of carbonyl (C=O) groups excluding carboxylic acids is 2. The zero-order chi connectivity index (χ0) is 42.4. The molecule has 0 fully saturated rings. The minimum Gasteiger partial charge on any atom is -0.462 e. The fourth-order valence-electron chi connectivity index (χ4n) is 7.17. The molecule has 0 saturated carbocycles. The van der Waals surface area contributed by atoms with E-state index >= 15 is 0 Å². The SMILES string of the molecule is CC/C=C\C/C=C\C/C=C\C/C=C\C/C=C\CCCC(=O)OC(CCCCCCCCCCC)CC(=O)NC(CO)C(O)CCCCCCCCCCCCCCC. The highest BCUT2D eigenvalue weighted by Crippen LogP contribution is 2.17. The predicted molar refractivity (Wildman–Crippen MR) is 250 cm³/mol. The Bertz CT molecular complexity index is 1050. The van der Waals surface area contributed by atoms with Gasteiger partial charge in [0, 0.05) is 6.42 Å². The molecule has 0 aliphatic carbocycles. The van der Waals surface area contributed by atoms with Gasteiger partial charge in [0.2, 0.25) is 5.91 Å². The lowest BCUT2D eigenvalue weighted by Gasteiger charge is -2.24. The van der Waals surface area contributed by atoms with Crippen LogP contribution in [0, 0.1) is 0 Å². The normalized spacial score (nSPS) is 13.8. The van der Waals surface area contributed by atoms with E-state index in [1.165, 1.54) is 103 Å². The van der Waals surface area contributed by atoms with E-state index in [2.05, 4.69) is 86.8 Å². The number of hydrogen-bond acceptors (Lipinski definition) is 5. The molecule has 0 heterocycles. The van der Waals surface area contributed by atoms with Gasteiger partial charge in [0.1, 0.15) is 6.10 Å². The zero-order valence-electron chi connectivity index (χ0n) is 38.2. The summed E-state index contributed by atoms with van der Waals surface area (Å²) in [5.74, 6) is -0.543. The number of unbranched alkanes of at least 4 members (excludes halogenated alkanes) is 21.